The van der Waals surface area contributed by atoms with Crippen molar-refractivity contribution in [3.05, 3.63) is 12.2 Å². The van der Waals surface area contributed by atoms with Gasteiger partial charge in [0.25, 0.3) is 0 Å². The number of rotatable bonds is 37. The minimum atomic E-state index is -4.60. The number of ether oxygens (including phenoxy) is 2. The van der Waals surface area contributed by atoms with Crippen LogP contribution in [0.25, 0.3) is 0 Å². The quantitative estimate of drug-likeness (QED) is 0.0245. The summed E-state index contributed by atoms with van der Waals surface area (Å²) in [5.74, 6) is -0.922. The highest BCUT2D eigenvalue weighted by Gasteiger charge is 2.27. The van der Waals surface area contributed by atoms with Gasteiger partial charge in [-0.2, -0.15) is 0 Å². The zero-order valence-corrected chi connectivity index (χ0v) is 32.1. The zero-order valence-electron chi connectivity index (χ0n) is 31.2. The number of phosphoric acid groups is 1. The molecule has 0 saturated heterocycles. The van der Waals surface area contributed by atoms with E-state index in [0.29, 0.717) is 12.8 Å². The Bertz CT molecular complexity index is 837. The van der Waals surface area contributed by atoms with Crippen molar-refractivity contribution >= 4 is 19.8 Å². The lowest BCUT2D eigenvalue weighted by atomic mass is 10.1. The van der Waals surface area contributed by atoms with Gasteiger partial charge in [0, 0.05) is 12.8 Å². The smallest absolute Gasteiger partial charge is 0.462 e. The molecule has 0 aliphatic carbocycles. The first kappa shape index (κ1) is 47.7. The van der Waals surface area contributed by atoms with Crippen LogP contribution in [0.2, 0.25) is 0 Å². The molecule has 0 aliphatic rings. The SMILES string of the molecule is CCCC/C=C/CCCCCCCCCCCC(=O)OC[C@H](COP(=O)(O)OC[C@@H](O)CO)OC(=O)CCCCCCCCCCCCC. The lowest BCUT2D eigenvalue weighted by Crippen LogP contribution is -2.29. The number of unbranched alkanes of at least 4 members (excludes halogenated alkanes) is 21. The third kappa shape index (κ3) is 34.9. The van der Waals surface area contributed by atoms with E-state index < -0.39 is 51.8 Å². The number of esters is 2. The van der Waals surface area contributed by atoms with E-state index in [0.717, 1.165) is 38.5 Å². The first-order valence-electron chi connectivity index (χ1n) is 19.6. The second-order valence-corrected chi connectivity index (χ2v) is 14.8. The Balaban J connectivity index is 4.31. The molecule has 0 aliphatic heterocycles. The molecule has 11 heteroatoms. The largest absolute Gasteiger partial charge is 0.472 e. The number of carbonyl (C=O) groups excluding carboxylic acids is 2. The molecule has 0 radical (unpaired) electrons. The van der Waals surface area contributed by atoms with Crippen LogP contribution in [0.1, 0.15) is 181 Å². The number of phosphoric ester groups is 1. The van der Waals surface area contributed by atoms with Crippen molar-refractivity contribution in [3.8, 4) is 0 Å². The molecule has 1 unspecified atom stereocenters. The third-order valence-electron chi connectivity index (χ3n) is 8.42. The Morgan fingerprint density at radius 3 is 1.53 bits per heavy atom. The van der Waals surface area contributed by atoms with E-state index in [1.165, 1.54) is 103 Å². The van der Waals surface area contributed by atoms with E-state index in [1.807, 2.05) is 0 Å². The highest BCUT2D eigenvalue weighted by molar-refractivity contribution is 7.47. The van der Waals surface area contributed by atoms with Gasteiger partial charge in [0.05, 0.1) is 19.8 Å². The Kier molecular flexibility index (Phi) is 34.2. The Morgan fingerprint density at radius 2 is 1.02 bits per heavy atom. The van der Waals surface area contributed by atoms with Gasteiger partial charge in [-0.15, -0.1) is 0 Å². The summed E-state index contributed by atoms with van der Waals surface area (Å²) in [5.41, 5.74) is 0. The average molecular weight is 721 g/mol. The van der Waals surface area contributed by atoms with Crippen molar-refractivity contribution in [1.29, 1.82) is 0 Å². The van der Waals surface area contributed by atoms with Crippen LogP contribution >= 0.6 is 7.82 Å². The number of allylic oxidation sites excluding steroid dienone is 2. The molecule has 0 aromatic rings. The maximum absolute atomic E-state index is 12.5. The van der Waals surface area contributed by atoms with Crippen molar-refractivity contribution in [2.24, 2.45) is 0 Å². The van der Waals surface area contributed by atoms with E-state index in [-0.39, 0.29) is 19.4 Å². The van der Waals surface area contributed by atoms with Crippen LogP contribution < -0.4 is 0 Å². The molecule has 0 aromatic carbocycles. The van der Waals surface area contributed by atoms with Crippen LogP contribution in [-0.4, -0.2) is 65.7 Å². The molecular weight excluding hydrogens is 647 g/mol. The van der Waals surface area contributed by atoms with Crippen LogP contribution in [-0.2, 0) is 32.7 Å². The molecule has 49 heavy (non-hydrogen) atoms. The summed E-state index contributed by atoms with van der Waals surface area (Å²) in [6.45, 7) is 2.34. The molecule has 10 nitrogen and oxygen atoms in total. The fourth-order valence-electron chi connectivity index (χ4n) is 5.33. The first-order chi connectivity index (χ1) is 23.7. The van der Waals surface area contributed by atoms with Crippen LogP contribution in [0.15, 0.2) is 12.2 Å². The number of hydrogen-bond donors (Lipinski definition) is 3. The van der Waals surface area contributed by atoms with Gasteiger partial charge in [0.1, 0.15) is 12.7 Å². The zero-order chi connectivity index (χ0) is 36.3. The highest BCUT2D eigenvalue weighted by atomic mass is 31.2. The lowest BCUT2D eigenvalue weighted by molar-refractivity contribution is -0.161. The van der Waals surface area contributed by atoms with Crippen molar-refractivity contribution in [2.75, 3.05) is 26.4 Å². The van der Waals surface area contributed by atoms with Gasteiger partial charge in [-0.05, 0) is 32.1 Å². The van der Waals surface area contributed by atoms with Gasteiger partial charge in [-0.25, -0.2) is 4.57 Å². The number of aliphatic hydroxyl groups is 2. The van der Waals surface area contributed by atoms with Gasteiger partial charge in [-0.3, -0.25) is 18.6 Å². The van der Waals surface area contributed by atoms with E-state index in [4.69, 9.17) is 19.1 Å². The summed E-state index contributed by atoms with van der Waals surface area (Å²) in [6.07, 6.45) is 30.4. The van der Waals surface area contributed by atoms with Gasteiger partial charge < -0.3 is 24.6 Å². The van der Waals surface area contributed by atoms with E-state index in [9.17, 15) is 24.2 Å². The third-order valence-corrected chi connectivity index (χ3v) is 9.37. The van der Waals surface area contributed by atoms with Gasteiger partial charge in [0.2, 0.25) is 0 Å². The molecule has 290 valence electrons. The molecule has 0 heterocycles. The summed E-state index contributed by atoms with van der Waals surface area (Å²) in [6, 6.07) is 0. The van der Waals surface area contributed by atoms with E-state index in [1.54, 1.807) is 0 Å². The van der Waals surface area contributed by atoms with Gasteiger partial charge >= 0.3 is 19.8 Å². The number of aliphatic hydroxyl groups excluding tert-OH is 2. The fraction of sp³-hybridized carbons (Fsp3) is 0.895. The summed E-state index contributed by atoms with van der Waals surface area (Å²) in [4.78, 5) is 34.8. The summed E-state index contributed by atoms with van der Waals surface area (Å²) in [7, 11) is -4.60. The first-order valence-corrected chi connectivity index (χ1v) is 21.1. The molecule has 0 spiro atoms. The van der Waals surface area contributed by atoms with Crippen molar-refractivity contribution in [2.45, 2.75) is 193 Å². The summed E-state index contributed by atoms with van der Waals surface area (Å²) < 4.78 is 32.6. The number of carbonyl (C=O) groups is 2. The fourth-order valence-corrected chi connectivity index (χ4v) is 6.12. The van der Waals surface area contributed by atoms with Crippen molar-refractivity contribution < 1.29 is 47.8 Å². The predicted molar refractivity (Wildman–Crippen MR) is 196 cm³/mol. The second-order valence-electron chi connectivity index (χ2n) is 13.3. The topological polar surface area (TPSA) is 149 Å². The highest BCUT2D eigenvalue weighted by Crippen LogP contribution is 2.43. The molecule has 0 amide bonds. The monoisotopic (exact) mass is 720 g/mol. The maximum atomic E-state index is 12.5. The maximum Gasteiger partial charge on any atom is 0.472 e. The normalized spacial score (nSPS) is 14.1. The van der Waals surface area contributed by atoms with Crippen LogP contribution in [0.5, 0.6) is 0 Å². The molecule has 3 atom stereocenters. The molecule has 0 saturated carbocycles. The molecule has 3 N–H and O–H groups in total. The molecule has 0 aromatic heterocycles. The van der Waals surface area contributed by atoms with Crippen molar-refractivity contribution in [3.63, 3.8) is 0 Å². The van der Waals surface area contributed by atoms with Gasteiger partial charge in [0.15, 0.2) is 6.10 Å². The molecule has 0 bridgehead atoms. The van der Waals surface area contributed by atoms with E-state index in [2.05, 4.69) is 30.5 Å². The Morgan fingerprint density at radius 1 is 0.592 bits per heavy atom. The molecule has 0 rings (SSSR count). The lowest BCUT2D eigenvalue weighted by Gasteiger charge is -2.20. The Labute approximate surface area is 298 Å². The number of hydrogen-bond acceptors (Lipinski definition) is 9. The second kappa shape index (κ2) is 35.1. The van der Waals surface area contributed by atoms with Crippen LogP contribution in [0, 0.1) is 0 Å². The van der Waals surface area contributed by atoms with Crippen molar-refractivity contribution in [1.82, 2.24) is 0 Å². The van der Waals surface area contributed by atoms with Crippen LogP contribution in [0.4, 0.5) is 0 Å². The average Bonchev–Trinajstić information content (AvgIpc) is 3.09. The molecular formula is C38H73O10P. The van der Waals surface area contributed by atoms with Gasteiger partial charge in [-0.1, -0.05) is 148 Å². The summed E-state index contributed by atoms with van der Waals surface area (Å²) in [5, 5.41) is 18.3. The summed E-state index contributed by atoms with van der Waals surface area (Å²) >= 11 is 0. The standard InChI is InChI=1S/C38H73O10P/c1-3-5-7-9-11-13-15-16-17-18-20-21-23-25-27-29-37(41)45-33-36(34-47-49(43,44)46-32-35(40)31-39)48-38(42)30-28-26-24-22-19-14-12-10-8-6-4-2/h9,11,35-36,39-40H,3-8,10,12-34H2,1-2H3,(H,43,44)/b11-9+/t35-,36+/m0/s1. The van der Waals surface area contributed by atoms with E-state index >= 15 is 0 Å². The molecule has 0 fully saturated rings. The minimum absolute atomic E-state index is 0.188. The minimum Gasteiger partial charge on any atom is -0.462 e. The Hall–Kier alpha value is -1.29. The predicted octanol–water partition coefficient (Wildman–Crippen LogP) is 9.67. The van der Waals surface area contributed by atoms with Crippen LogP contribution in [0.3, 0.4) is 0 Å².